The van der Waals surface area contributed by atoms with Crippen LogP contribution in [0.1, 0.15) is 402 Å². The lowest BCUT2D eigenvalue weighted by molar-refractivity contribution is -0.161. The van der Waals surface area contributed by atoms with E-state index in [-0.39, 0.29) is 25.7 Å². The van der Waals surface area contributed by atoms with E-state index < -0.39 is 97.5 Å². The molecule has 0 aromatic heterocycles. The van der Waals surface area contributed by atoms with E-state index in [4.69, 9.17) is 37.0 Å². The van der Waals surface area contributed by atoms with Gasteiger partial charge in [-0.3, -0.25) is 37.3 Å². The SMILES string of the molecule is CCC(C)CCCCCCCCCCCCCCCCC(=O)O[C@H](COC(=O)CCCCCCCCCCCCCCCCC(C)C)COP(=O)(O)OCC(O)COP(=O)(O)OC[C@@H](COC(=O)CCCCCCCCCC(C)C)OC(=O)CCCCCCCCCCCCC(C)C. The second-order valence-electron chi connectivity index (χ2n) is 30.1. The van der Waals surface area contributed by atoms with Crippen molar-refractivity contribution in [1.82, 2.24) is 0 Å². The summed E-state index contributed by atoms with van der Waals surface area (Å²) >= 11 is 0. The summed E-state index contributed by atoms with van der Waals surface area (Å²) < 4.78 is 68.6. The lowest BCUT2D eigenvalue weighted by atomic mass is 9.99. The summed E-state index contributed by atoms with van der Waals surface area (Å²) in [6.07, 6.45) is 54.1. The Hall–Kier alpha value is -1.94. The minimum atomic E-state index is -4.96. The Morgan fingerprint density at radius 3 is 0.724 bits per heavy atom. The Morgan fingerprint density at radius 1 is 0.286 bits per heavy atom. The summed E-state index contributed by atoms with van der Waals surface area (Å²) in [6.45, 7) is 14.2. The van der Waals surface area contributed by atoms with Crippen LogP contribution in [-0.2, 0) is 65.4 Å². The molecule has 0 saturated carbocycles. The van der Waals surface area contributed by atoms with Gasteiger partial charge in [0, 0.05) is 25.7 Å². The average Bonchev–Trinajstić information content (AvgIpc) is 0.980. The van der Waals surface area contributed by atoms with Crippen LogP contribution in [0.2, 0.25) is 0 Å². The van der Waals surface area contributed by atoms with Crippen LogP contribution in [0.4, 0.5) is 0 Å². The number of phosphoric acid groups is 2. The molecule has 0 heterocycles. The van der Waals surface area contributed by atoms with E-state index in [0.29, 0.717) is 31.6 Å². The monoisotopic (exact) mass is 1440 g/mol. The van der Waals surface area contributed by atoms with E-state index >= 15 is 0 Å². The number of ether oxygens (including phenoxy) is 4. The number of rotatable bonds is 76. The summed E-state index contributed by atoms with van der Waals surface area (Å²) in [5, 5.41) is 10.6. The van der Waals surface area contributed by atoms with Gasteiger partial charge in [0.25, 0.3) is 0 Å². The Kier molecular flexibility index (Phi) is 66.8. The van der Waals surface area contributed by atoms with E-state index in [9.17, 15) is 43.2 Å². The fraction of sp³-hybridized carbons (Fsp3) is 0.949. The molecule has 0 aromatic carbocycles. The average molecular weight is 1440 g/mol. The van der Waals surface area contributed by atoms with Gasteiger partial charge in [0.05, 0.1) is 26.4 Å². The third-order valence-corrected chi connectivity index (χ3v) is 20.6. The lowest BCUT2D eigenvalue weighted by Crippen LogP contribution is -2.30. The molecule has 0 spiro atoms. The van der Waals surface area contributed by atoms with Gasteiger partial charge in [0.1, 0.15) is 19.3 Å². The van der Waals surface area contributed by atoms with Crippen molar-refractivity contribution in [2.75, 3.05) is 39.6 Å². The minimum Gasteiger partial charge on any atom is -0.462 e. The molecule has 17 nitrogen and oxygen atoms in total. The predicted molar refractivity (Wildman–Crippen MR) is 400 cm³/mol. The zero-order valence-electron chi connectivity index (χ0n) is 64.4. The molecule has 0 aromatic rings. The number of esters is 4. The van der Waals surface area contributed by atoms with E-state index in [0.717, 1.165) is 114 Å². The number of carbonyl (C=O) groups excluding carboxylic acids is 4. The molecule has 0 bridgehead atoms. The van der Waals surface area contributed by atoms with E-state index in [2.05, 4.69) is 55.4 Å². The van der Waals surface area contributed by atoms with Gasteiger partial charge < -0.3 is 33.8 Å². The number of hydrogen-bond donors (Lipinski definition) is 3. The van der Waals surface area contributed by atoms with Crippen LogP contribution in [0.25, 0.3) is 0 Å². The Balaban J connectivity index is 5.25. The number of carbonyl (C=O) groups is 4. The number of aliphatic hydroxyl groups excluding tert-OH is 1. The normalized spacial score (nSPS) is 14.3. The quantitative estimate of drug-likeness (QED) is 0.0222. The van der Waals surface area contributed by atoms with Crippen LogP contribution in [-0.4, -0.2) is 96.7 Å². The molecule has 0 amide bonds. The Labute approximate surface area is 600 Å². The predicted octanol–water partition coefficient (Wildman–Crippen LogP) is 23.2. The van der Waals surface area contributed by atoms with Crippen LogP contribution in [0.5, 0.6) is 0 Å². The van der Waals surface area contributed by atoms with Gasteiger partial charge in [-0.25, -0.2) is 9.13 Å². The first-order valence-electron chi connectivity index (χ1n) is 40.7. The lowest BCUT2D eigenvalue weighted by Gasteiger charge is -2.21. The second-order valence-corrected chi connectivity index (χ2v) is 33.0. The molecule has 0 aliphatic rings. The van der Waals surface area contributed by atoms with Crippen molar-refractivity contribution in [1.29, 1.82) is 0 Å². The molecule has 98 heavy (non-hydrogen) atoms. The molecule has 0 radical (unpaired) electrons. The molecule has 0 saturated heterocycles. The molecule has 0 rings (SSSR count). The highest BCUT2D eigenvalue weighted by molar-refractivity contribution is 7.47. The van der Waals surface area contributed by atoms with Crippen LogP contribution < -0.4 is 0 Å². The van der Waals surface area contributed by atoms with Crippen molar-refractivity contribution in [3.05, 3.63) is 0 Å². The molecule has 6 atom stereocenters. The maximum absolute atomic E-state index is 13.1. The van der Waals surface area contributed by atoms with E-state index in [1.165, 1.54) is 199 Å². The van der Waals surface area contributed by atoms with Crippen LogP contribution in [0, 0.1) is 23.7 Å². The van der Waals surface area contributed by atoms with Gasteiger partial charge in [0.15, 0.2) is 12.2 Å². The number of unbranched alkanes of at least 4 members (excludes halogenated alkanes) is 41. The topological polar surface area (TPSA) is 237 Å². The fourth-order valence-electron chi connectivity index (χ4n) is 12.0. The standard InChI is InChI=1S/C79H154O17P2/c1-9-72(8)58-50-42-34-26-19-15-11-13-17-21-28-36-45-53-61-78(83)95-74(65-89-76(81)59-51-43-35-27-20-16-12-10-14-18-24-31-39-47-55-69(2)3)67-93-97(85,86)91-63-73(80)64-92-98(87,88)94-68-75(66-90-77(82)60-52-44-38-30-33-41-49-57-71(6)7)96-79(84)62-54-46-37-29-23-22-25-32-40-48-56-70(4)5/h69-75,80H,9-68H2,1-8H3,(H,85,86)(H,87,88)/t72?,73?,74-,75-/m1/s1. The van der Waals surface area contributed by atoms with Gasteiger partial charge in [-0.15, -0.1) is 0 Å². The highest BCUT2D eigenvalue weighted by Gasteiger charge is 2.30. The summed E-state index contributed by atoms with van der Waals surface area (Å²) in [5.41, 5.74) is 0. The van der Waals surface area contributed by atoms with Gasteiger partial charge in [-0.1, -0.05) is 351 Å². The van der Waals surface area contributed by atoms with Crippen LogP contribution in [0.3, 0.4) is 0 Å². The summed E-state index contributed by atoms with van der Waals surface area (Å²) in [7, 11) is -9.92. The van der Waals surface area contributed by atoms with Crippen molar-refractivity contribution in [3.63, 3.8) is 0 Å². The number of aliphatic hydroxyl groups is 1. The third-order valence-electron chi connectivity index (χ3n) is 18.7. The molecular formula is C79H154O17P2. The highest BCUT2D eigenvalue weighted by atomic mass is 31.2. The smallest absolute Gasteiger partial charge is 0.462 e. The van der Waals surface area contributed by atoms with Crippen molar-refractivity contribution in [2.45, 2.75) is 420 Å². The van der Waals surface area contributed by atoms with Crippen molar-refractivity contribution in [2.24, 2.45) is 23.7 Å². The molecule has 0 fully saturated rings. The molecule has 19 heteroatoms. The fourth-order valence-corrected chi connectivity index (χ4v) is 13.6. The summed E-state index contributed by atoms with van der Waals surface area (Å²) in [5.74, 6) is 0.985. The largest absolute Gasteiger partial charge is 0.472 e. The Bertz CT molecular complexity index is 1920. The Morgan fingerprint density at radius 2 is 0.490 bits per heavy atom. The van der Waals surface area contributed by atoms with Gasteiger partial charge in [0.2, 0.25) is 0 Å². The molecule has 582 valence electrons. The first-order chi connectivity index (χ1) is 47.1. The highest BCUT2D eigenvalue weighted by Crippen LogP contribution is 2.45. The minimum absolute atomic E-state index is 0.105. The number of hydrogen-bond acceptors (Lipinski definition) is 15. The first kappa shape index (κ1) is 96.1. The molecule has 3 N–H and O–H groups in total. The molecule has 4 unspecified atom stereocenters. The second kappa shape index (κ2) is 68.2. The van der Waals surface area contributed by atoms with E-state index in [1.54, 1.807) is 0 Å². The maximum atomic E-state index is 13.1. The summed E-state index contributed by atoms with van der Waals surface area (Å²) in [4.78, 5) is 72.9. The molecular weight excluding hydrogens is 1280 g/mol. The zero-order chi connectivity index (χ0) is 72.4. The van der Waals surface area contributed by atoms with Gasteiger partial charge in [-0.2, -0.15) is 0 Å². The van der Waals surface area contributed by atoms with Crippen LogP contribution >= 0.6 is 15.6 Å². The van der Waals surface area contributed by atoms with Gasteiger partial charge in [-0.05, 0) is 49.4 Å². The van der Waals surface area contributed by atoms with Gasteiger partial charge >= 0.3 is 39.5 Å². The van der Waals surface area contributed by atoms with Crippen molar-refractivity contribution < 1.29 is 80.2 Å². The number of phosphoric ester groups is 2. The van der Waals surface area contributed by atoms with Crippen molar-refractivity contribution in [3.8, 4) is 0 Å². The van der Waals surface area contributed by atoms with E-state index in [1.807, 2.05) is 0 Å². The zero-order valence-corrected chi connectivity index (χ0v) is 66.2. The third kappa shape index (κ3) is 71.1. The van der Waals surface area contributed by atoms with Crippen LogP contribution in [0.15, 0.2) is 0 Å². The van der Waals surface area contributed by atoms with Crippen molar-refractivity contribution >= 4 is 39.5 Å². The summed E-state index contributed by atoms with van der Waals surface area (Å²) in [6, 6.07) is 0. The molecule has 0 aliphatic carbocycles. The first-order valence-corrected chi connectivity index (χ1v) is 43.7. The maximum Gasteiger partial charge on any atom is 0.472 e. The molecule has 0 aliphatic heterocycles.